The van der Waals surface area contributed by atoms with E-state index in [4.69, 9.17) is 0 Å². The second kappa shape index (κ2) is 2.52. The van der Waals surface area contributed by atoms with Crippen LogP contribution in [-0.2, 0) is 0 Å². The third-order valence-electron chi connectivity index (χ3n) is 1.39. The molecule has 0 aliphatic heterocycles. The topological polar surface area (TPSA) is 76.5 Å². The highest BCUT2D eigenvalue weighted by Crippen LogP contribution is 2.12. The summed E-state index contributed by atoms with van der Waals surface area (Å²) in [5.74, 6) is 0.541. The lowest BCUT2D eigenvalue weighted by molar-refractivity contribution is 0.761. The SMILES string of the molecule is Cc1scnc1-n1nn[nH]c1=O. The van der Waals surface area contributed by atoms with Gasteiger partial charge in [-0.25, -0.2) is 14.9 Å². The minimum absolute atomic E-state index is 0.371. The lowest BCUT2D eigenvalue weighted by Crippen LogP contribution is -2.16. The predicted octanol–water partition coefficient (Wildman–Crippen LogP) is -0.279. The number of nitrogens with one attached hydrogen (secondary N) is 1. The third kappa shape index (κ3) is 0.944. The number of thiazole rings is 1. The second-order valence-electron chi connectivity index (χ2n) is 2.15. The Morgan fingerprint density at radius 3 is 3.00 bits per heavy atom. The van der Waals surface area contributed by atoms with Gasteiger partial charge in [0.1, 0.15) is 0 Å². The van der Waals surface area contributed by atoms with Crippen molar-refractivity contribution in [3.63, 3.8) is 0 Å². The van der Waals surface area contributed by atoms with Gasteiger partial charge < -0.3 is 0 Å². The van der Waals surface area contributed by atoms with Crippen molar-refractivity contribution in [2.75, 3.05) is 0 Å². The molecule has 62 valence electrons. The Bertz CT molecular complexity index is 440. The Balaban J connectivity index is 2.65. The van der Waals surface area contributed by atoms with E-state index in [1.165, 1.54) is 11.3 Å². The van der Waals surface area contributed by atoms with E-state index in [1.54, 1.807) is 5.51 Å². The maximum Gasteiger partial charge on any atom is 0.367 e. The highest BCUT2D eigenvalue weighted by molar-refractivity contribution is 7.09. The van der Waals surface area contributed by atoms with Crippen LogP contribution in [0.3, 0.4) is 0 Å². The highest BCUT2D eigenvalue weighted by Gasteiger charge is 2.07. The van der Waals surface area contributed by atoms with Crippen molar-refractivity contribution in [1.29, 1.82) is 0 Å². The van der Waals surface area contributed by atoms with Gasteiger partial charge in [0.05, 0.1) is 5.51 Å². The van der Waals surface area contributed by atoms with Crippen molar-refractivity contribution in [1.82, 2.24) is 25.2 Å². The second-order valence-corrected chi connectivity index (χ2v) is 3.21. The lowest BCUT2D eigenvalue weighted by atomic mass is 10.5. The summed E-state index contributed by atoms with van der Waals surface area (Å²) in [5.41, 5.74) is 1.29. The normalized spacial score (nSPS) is 10.4. The molecule has 0 aromatic carbocycles. The molecule has 0 bridgehead atoms. The molecule has 2 aromatic heterocycles. The summed E-state index contributed by atoms with van der Waals surface area (Å²) in [4.78, 5) is 15.9. The van der Waals surface area contributed by atoms with Crippen LogP contribution >= 0.6 is 11.3 Å². The van der Waals surface area contributed by atoms with Crippen molar-refractivity contribution in [2.45, 2.75) is 6.92 Å². The Morgan fingerprint density at radius 1 is 1.67 bits per heavy atom. The fourth-order valence-corrected chi connectivity index (χ4v) is 1.39. The number of tetrazole rings is 1. The van der Waals surface area contributed by atoms with Crippen LogP contribution in [0.5, 0.6) is 0 Å². The quantitative estimate of drug-likeness (QED) is 0.659. The maximum atomic E-state index is 11.0. The van der Waals surface area contributed by atoms with Gasteiger partial charge in [-0.15, -0.1) is 16.0 Å². The van der Waals surface area contributed by atoms with Crippen LogP contribution in [0.4, 0.5) is 0 Å². The van der Waals surface area contributed by atoms with Crippen LogP contribution in [0, 0.1) is 6.92 Å². The van der Waals surface area contributed by atoms with E-state index in [9.17, 15) is 4.79 Å². The first kappa shape index (κ1) is 7.17. The number of H-pyrrole nitrogens is 1. The largest absolute Gasteiger partial charge is 0.367 e. The van der Waals surface area contributed by atoms with Gasteiger partial charge in [-0.2, -0.15) is 0 Å². The summed E-state index contributed by atoms with van der Waals surface area (Å²) in [7, 11) is 0. The van der Waals surface area contributed by atoms with Gasteiger partial charge in [0.15, 0.2) is 5.82 Å². The molecule has 6 nitrogen and oxygen atoms in total. The van der Waals surface area contributed by atoms with Crippen molar-refractivity contribution in [2.24, 2.45) is 0 Å². The van der Waals surface area contributed by atoms with Gasteiger partial charge in [0.25, 0.3) is 0 Å². The third-order valence-corrected chi connectivity index (χ3v) is 2.14. The number of aromatic amines is 1. The molecule has 0 saturated heterocycles. The lowest BCUT2D eigenvalue weighted by Gasteiger charge is -1.91. The smallest absolute Gasteiger partial charge is 0.244 e. The van der Waals surface area contributed by atoms with E-state index in [-0.39, 0.29) is 5.69 Å². The molecule has 2 heterocycles. The van der Waals surface area contributed by atoms with Crippen LogP contribution in [0.1, 0.15) is 4.88 Å². The van der Waals surface area contributed by atoms with Gasteiger partial charge in [-0.1, -0.05) is 0 Å². The molecule has 2 rings (SSSR count). The number of aryl methyl sites for hydroxylation is 1. The van der Waals surface area contributed by atoms with E-state index >= 15 is 0 Å². The van der Waals surface area contributed by atoms with Gasteiger partial charge >= 0.3 is 5.69 Å². The number of aromatic nitrogens is 5. The molecular formula is C5H5N5OS. The van der Waals surface area contributed by atoms with E-state index in [0.717, 1.165) is 9.56 Å². The predicted molar refractivity (Wildman–Crippen MR) is 42.4 cm³/mol. The summed E-state index contributed by atoms with van der Waals surface area (Å²) in [5, 5.41) is 9.12. The average Bonchev–Trinajstić information content (AvgIpc) is 2.59. The van der Waals surface area contributed by atoms with Crippen molar-refractivity contribution in [3.8, 4) is 5.82 Å². The van der Waals surface area contributed by atoms with Crippen LogP contribution in [0.25, 0.3) is 5.82 Å². The van der Waals surface area contributed by atoms with Crippen molar-refractivity contribution >= 4 is 11.3 Å². The summed E-state index contributed by atoms with van der Waals surface area (Å²) < 4.78 is 1.13. The van der Waals surface area contributed by atoms with Gasteiger partial charge in [0.2, 0.25) is 0 Å². The van der Waals surface area contributed by atoms with Crippen LogP contribution in [0.15, 0.2) is 10.3 Å². The molecule has 0 unspecified atom stereocenters. The Kier molecular flexibility index (Phi) is 1.51. The Hall–Kier alpha value is -1.50. The first-order chi connectivity index (χ1) is 5.79. The standard InChI is InChI=1S/C5H5N5OS/c1-3-4(6-2-12-3)10-5(11)7-8-9-10/h2H,1H3,(H,7,9,11). The van der Waals surface area contributed by atoms with Gasteiger partial charge in [-0.3, -0.25) is 0 Å². The van der Waals surface area contributed by atoms with E-state index in [2.05, 4.69) is 20.5 Å². The fourth-order valence-electron chi connectivity index (χ4n) is 0.839. The highest BCUT2D eigenvalue weighted by atomic mass is 32.1. The van der Waals surface area contributed by atoms with Gasteiger partial charge in [0, 0.05) is 4.88 Å². The van der Waals surface area contributed by atoms with E-state index in [1.807, 2.05) is 6.92 Å². The Labute approximate surface area is 70.9 Å². The number of hydrogen-bond donors (Lipinski definition) is 1. The number of nitrogens with zero attached hydrogens (tertiary/aromatic N) is 4. The number of rotatable bonds is 1. The summed E-state index contributed by atoms with van der Waals surface area (Å²) >= 11 is 1.46. The Morgan fingerprint density at radius 2 is 2.50 bits per heavy atom. The van der Waals surface area contributed by atoms with Crippen LogP contribution in [0.2, 0.25) is 0 Å². The molecular weight excluding hydrogens is 178 g/mol. The molecule has 0 amide bonds. The summed E-state index contributed by atoms with van der Waals surface area (Å²) in [6.45, 7) is 1.87. The molecule has 0 saturated carbocycles. The molecule has 0 radical (unpaired) electrons. The average molecular weight is 183 g/mol. The first-order valence-corrected chi connectivity index (χ1v) is 4.08. The molecule has 0 aliphatic rings. The minimum Gasteiger partial charge on any atom is -0.244 e. The summed E-state index contributed by atoms with van der Waals surface area (Å²) in [6, 6.07) is 0. The van der Waals surface area contributed by atoms with Crippen molar-refractivity contribution in [3.05, 3.63) is 20.9 Å². The van der Waals surface area contributed by atoms with Crippen molar-refractivity contribution < 1.29 is 0 Å². The summed E-state index contributed by atoms with van der Waals surface area (Å²) in [6.07, 6.45) is 0. The molecule has 12 heavy (non-hydrogen) atoms. The maximum absolute atomic E-state index is 11.0. The van der Waals surface area contributed by atoms with Crippen LogP contribution < -0.4 is 5.69 Å². The molecule has 0 fully saturated rings. The molecule has 0 spiro atoms. The van der Waals surface area contributed by atoms with Gasteiger partial charge in [-0.05, 0) is 17.4 Å². The van der Waals surface area contributed by atoms with E-state index < -0.39 is 0 Å². The zero-order valence-electron chi connectivity index (χ0n) is 6.18. The minimum atomic E-state index is -0.371. The zero-order valence-corrected chi connectivity index (χ0v) is 7.00. The van der Waals surface area contributed by atoms with Crippen LogP contribution in [-0.4, -0.2) is 25.2 Å². The fraction of sp³-hybridized carbons (Fsp3) is 0.200. The first-order valence-electron chi connectivity index (χ1n) is 3.20. The molecule has 1 N–H and O–H groups in total. The molecule has 0 aliphatic carbocycles. The monoisotopic (exact) mass is 183 g/mol. The zero-order chi connectivity index (χ0) is 8.55. The number of hydrogen-bond acceptors (Lipinski definition) is 5. The molecule has 2 aromatic rings. The molecule has 7 heteroatoms. The van der Waals surface area contributed by atoms with E-state index in [0.29, 0.717) is 5.82 Å². The molecule has 0 atom stereocenters.